The molecule has 3 aromatic rings. The highest BCUT2D eigenvalue weighted by Crippen LogP contribution is 2.24. The van der Waals surface area contributed by atoms with E-state index < -0.39 is 5.97 Å². The highest BCUT2D eigenvalue weighted by atomic mass is 32.2. The molecule has 0 fully saturated rings. The standard InChI is InChI=1S/C21H20N2O4S/c1-23(2)20(24)14-28-19-11-7-6-10-17(19)21(25)26-13-16-12-18(27-22-16)15-8-4-3-5-9-15/h3-12H,13-14H2,1-2H3. The third kappa shape index (κ3) is 5.01. The minimum absolute atomic E-state index is 0.00476. The number of nitrogens with zero attached hydrogens (tertiary/aromatic N) is 2. The summed E-state index contributed by atoms with van der Waals surface area (Å²) in [4.78, 5) is 26.5. The minimum Gasteiger partial charge on any atom is -0.455 e. The van der Waals surface area contributed by atoms with Gasteiger partial charge in [0.05, 0.1) is 11.3 Å². The summed E-state index contributed by atoms with van der Waals surface area (Å²) in [7, 11) is 3.40. The largest absolute Gasteiger partial charge is 0.455 e. The van der Waals surface area contributed by atoms with Crippen molar-refractivity contribution < 1.29 is 18.8 Å². The molecule has 0 aliphatic rings. The Kier molecular flexibility index (Phi) is 6.49. The first-order valence-corrected chi connectivity index (χ1v) is 9.63. The van der Waals surface area contributed by atoms with Crippen LogP contribution in [0.1, 0.15) is 16.1 Å². The second-order valence-corrected chi connectivity index (χ2v) is 7.21. The fourth-order valence-corrected chi connectivity index (χ4v) is 3.38. The Morgan fingerprint density at radius 2 is 1.79 bits per heavy atom. The van der Waals surface area contributed by atoms with E-state index in [1.54, 1.807) is 38.4 Å². The fourth-order valence-electron chi connectivity index (χ4n) is 2.37. The predicted molar refractivity (Wildman–Crippen MR) is 107 cm³/mol. The summed E-state index contributed by atoms with van der Waals surface area (Å²) in [6.45, 7) is 0.00476. The summed E-state index contributed by atoms with van der Waals surface area (Å²) in [5, 5.41) is 3.95. The van der Waals surface area contributed by atoms with Crippen molar-refractivity contribution in [2.24, 2.45) is 0 Å². The molecule has 0 N–H and O–H groups in total. The number of hydrogen-bond donors (Lipinski definition) is 0. The van der Waals surface area contributed by atoms with Crippen LogP contribution < -0.4 is 0 Å². The Morgan fingerprint density at radius 3 is 2.54 bits per heavy atom. The Bertz CT molecular complexity index is 954. The van der Waals surface area contributed by atoms with Crippen LogP contribution in [0.4, 0.5) is 0 Å². The van der Waals surface area contributed by atoms with Crippen LogP contribution in [0.15, 0.2) is 70.1 Å². The number of esters is 1. The molecule has 144 valence electrons. The molecular weight excluding hydrogens is 376 g/mol. The highest BCUT2D eigenvalue weighted by Gasteiger charge is 2.16. The molecule has 0 bridgehead atoms. The number of amides is 1. The molecular formula is C21H20N2O4S. The first-order valence-electron chi connectivity index (χ1n) is 8.64. The molecule has 0 aliphatic heterocycles. The Labute approximate surface area is 167 Å². The zero-order valence-electron chi connectivity index (χ0n) is 15.6. The molecule has 6 nitrogen and oxygen atoms in total. The SMILES string of the molecule is CN(C)C(=O)CSc1ccccc1C(=O)OCc1cc(-c2ccccc2)on1. The molecule has 0 radical (unpaired) electrons. The topological polar surface area (TPSA) is 72.6 Å². The fraction of sp³-hybridized carbons (Fsp3) is 0.190. The zero-order chi connectivity index (χ0) is 19.9. The van der Waals surface area contributed by atoms with Gasteiger partial charge < -0.3 is 14.2 Å². The van der Waals surface area contributed by atoms with Crippen LogP contribution in [0.2, 0.25) is 0 Å². The van der Waals surface area contributed by atoms with Crippen molar-refractivity contribution in [1.29, 1.82) is 0 Å². The molecule has 1 aromatic heterocycles. The second kappa shape index (κ2) is 9.23. The summed E-state index contributed by atoms with van der Waals surface area (Å²) >= 11 is 1.31. The number of thioether (sulfide) groups is 1. The van der Waals surface area contributed by atoms with E-state index in [1.807, 2.05) is 36.4 Å². The number of ether oxygens (including phenoxy) is 1. The van der Waals surface area contributed by atoms with Crippen molar-refractivity contribution in [3.05, 3.63) is 71.9 Å². The lowest BCUT2D eigenvalue weighted by Gasteiger charge is -2.11. The molecule has 0 spiro atoms. The van der Waals surface area contributed by atoms with E-state index in [0.717, 1.165) is 5.56 Å². The van der Waals surface area contributed by atoms with Gasteiger partial charge in [0.2, 0.25) is 5.91 Å². The molecule has 2 aromatic carbocycles. The lowest BCUT2D eigenvalue weighted by atomic mass is 10.2. The zero-order valence-corrected chi connectivity index (χ0v) is 16.4. The van der Waals surface area contributed by atoms with Gasteiger partial charge in [0.1, 0.15) is 12.3 Å². The van der Waals surface area contributed by atoms with Crippen LogP contribution in [-0.4, -0.2) is 41.8 Å². The molecule has 0 saturated heterocycles. The van der Waals surface area contributed by atoms with Gasteiger partial charge in [0, 0.05) is 30.6 Å². The molecule has 0 unspecified atom stereocenters. The van der Waals surface area contributed by atoms with E-state index in [0.29, 0.717) is 21.9 Å². The third-order valence-corrected chi connectivity index (χ3v) is 4.98. The van der Waals surface area contributed by atoms with E-state index in [4.69, 9.17) is 9.26 Å². The quantitative estimate of drug-likeness (QED) is 0.446. The lowest BCUT2D eigenvalue weighted by molar-refractivity contribution is -0.125. The van der Waals surface area contributed by atoms with Crippen molar-refractivity contribution in [3.63, 3.8) is 0 Å². The van der Waals surface area contributed by atoms with Gasteiger partial charge in [-0.25, -0.2) is 4.79 Å². The van der Waals surface area contributed by atoms with Crippen molar-refractivity contribution in [2.75, 3.05) is 19.8 Å². The average Bonchev–Trinajstić information content (AvgIpc) is 3.20. The Balaban J connectivity index is 1.63. The van der Waals surface area contributed by atoms with Gasteiger partial charge in [-0.15, -0.1) is 11.8 Å². The van der Waals surface area contributed by atoms with Gasteiger partial charge >= 0.3 is 5.97 Å². The van der Waals surface area contributed by atoms with E-state index in [1.165, 1.54) is 16.7 Å². The van der Waals surface area contributed by atoms with Crippen LogP contribution in [0, 0.1) is 0 Å². The minimum atomic E-state index is -0.468. The van der Waals surface area contributed by atoms with E-state index >= 15 is 0 Å². The molecule has 3 rings (SSSR count). The summed E-state index contributed by atoms with van der Waals surface area (Å²) in [6, 6.07) is 18.4. The normalized spacial score (nSPS) is 10.5. The van der Waals surface area contributed by atoms with E-state index in [2.05, 4.69) is 5.16 Å². The second-order valence-electron chi connectivity index (χ2n) is 6.20. The first-order chi connectivity index (χ1) is 13.5. The Hall–Kier alpha value is -3.06. The predicted octanol–water partition coefficient (Wildman–Crippen LogP) is 3.88. The molecule has 0 atom stereocenters. The number of hydrogen-bond acceptors (Lipinski definition) is 6. The van der Waals surface area contributed by atoms with Gasteiger partial charge in [0.15, 0.2) is 5.76 Å². The molecule has 0 saturated carbocycles. The highest BCUT2D eigenvalue weighted by molar-refractivity contribution is 8.00. The molecule has 7 heteroatoms. The number of carbonyl (C=O) groups excluding carboxylic acids is 2. The maximum absolute atomic E-state index is 12.5. The van der Waals surface area contributed by atoms with Crippen molar-refractivity contribution in [3.8, 4) is 11.3 Å². The van der Waals surface area contributed by atoms with Gasteiger partial charge in [0.25, 0.3) is 0 Å². The van der Waals surface area contributed by atoms with E-state index in [-0.39, 0.29) is 18.3 Å². The van der Waals surface area contributed by atoms with Crippen molar-refractivity contribution in [2.45, 2.75) is 11.5 Å². The van der Waals surface area contributed by atoms with Crippen molar-refractivity contribution >= 4 is 23.6 Å². The van der Waals surface area contributed by atoms with Crippen molar-refractivity contribution in [1.82, 2.24) is 10.1 Å². The van der Waals surface area contributed by atoms with Gasteiger partial charge in [-0.05, 0) is 12.1 Å². The summed E-state index contributed by atoms with van der Waals surface area (Å²) in [6.07, 6.45) is 0. The van der Waals surface area contributed by atoms with Crippen LogP contribution in [0.5, 0.6) is 0 Å². The summed E-state index contributed by atoms with van der Waals surface area (Å²) in [5.41, 5.74) is 1.85. The third-order valence-electron chi connectivity index (χ3n) is 3.93. The average molecular weight is 396 g/mol. The first kappa shape index (κ1) is 19.7. The maximum Gasteiger partial charge on any atom is 0.339 e. The summed E-state index contributed by atoms with van der Waals surface area (Å²) in [5.74, 6) is 0.375. The molecule has 0 aliphatic carbocycles. The smallest absolute Gasteiger partial charge is 0.339 e. The molecule has 1 amide bonds. The monoisotopic (exact) mass is 396 g/mol. The maximum atomic E-state index is 12.5. The number of benzene rings is 2. The van der Waals surface area contributed by atoms with Gasteiger partial charge in [-0.2, -0.15) is 0 Å². The number of aromatic nitrogens is 1. The van der Waals surface area contributed by atoms with E-state index in [9.17, 15) is 9.59 Å². The van der Waals surface area contributed by atoms with Gasteiger partial charge in [-0.3, -0.25) is 4.79 Å². The Morgan fingerprint density at radius 1 is 1.07 bits per heavy atom. The van der Waals surface area contributed by atoms with Crippen LogP contribution >= 0.6 is 11.8 Å². The summed E-state index contributed by atoms with van der Waals surface area (Å²) < 4.78 is 10.7. The molecule has 1 heterocycles. The van der Waals surface area contributed by atoms with Crippen LogP contribution in [0.3, 0.4) is 0 Å². The number of carbonyl (C=O) groups is 2. The van der Waals surface area contributed by atoms with Crippen LogP contribution in [-0.2, 0) is 16.1 Å². The molecule has 28 heavy (non-hydrogen) atoms. The lowest BCUT2D eigenvalue weighted by Crippen LogP contribution is -2.23. The van der Waals surface area contributed by atoms with Crippen LogP contribution in [0.25, 0.3) is 11.3 Å². The van der Waals surface area contributed by atoms with Gasteiger partial charge in [-0.1, -0.05) is 47.6 Å². The number of rotatable bonds is 7.